The quantitative estimate of drug-likeness (QED) is 0.851. The van der Waals surface area contributed by atoms with Gasteiger partial charge in [-0.05, 0) is 37.6 Å². The first-order valence-corrected chi connectivity index (χ1v) is 7.43. The Hall–Kier alpha value is -0.810. The molecule has 3 atom stereocenters. The Morgan fingerprint density at radius 1 is 1.33 bits per heavy atom. The number of halogens is 2. The molecule has 0 amide bonds. The normalized spacial score (nSPS) is 29.0. The van der Waals surface area contributed by atoms with Gasteiger partial charge in [0.05, 0.1) is 0 Å². The summed E-state index contributed by atoms with van der Waals surface area (Å²) in [6.45, 7) is 4.13. The van der Waals surface area contributed by atoms with Gasteiger partial charge in [0.1, 0.15) is 11.6 Å². The van der Waals surface area contributed by atoms with E-state index in [-0.39, 0.29) is 16.9 Å². The minimum Gasteiger partial charge on any atom is -0.309 e. The maximum absolute atomic E-state index is 13.9. The fourth-order valence-electron chi connectivity index (χ4n) is 2.11. The SMILES string of the molecule is Cc1cc(F)c(C2CS(=O)C(C)CCN2)cc1F. The van der Waals surface area contributed by atoms with Crippen molar-refractivity contribution in [3.63, 3.8) is 0 Å². The van der Waals surface area contributed by atoms with E-state index in [9.17, 15) is 13.0 Å². The average molecular weight is 273 g/mol. The molecule has 3 unspecified atom stereocenters. The van der Waals surface area contributed by atoms with Crippen LogP contribution in [-0.2, 0) is 10.8 Å². The van der Waals surface area contributed by atoms with Gasteiger partial charge in [0, 0.05) is 33.4 Å². The van der Waals surface area contributed by atoms with Gasteiger partial charge in [0.25, 0.3) is 0 Å². The van der Waals surface area contributed by atoms with Crippen LogP contribution in [0.5, 0.6) is 0 Å². The maximum atomic E-state index is 13.9. The third-order valence-corrected chi connectivity index (χ3v) is 5.17. The Balaban J connectivity index is 2.30. The van der Waals surface area contributed by atoms with Crippen LogP contribution in [0.1, 0.15) is 30.5 Å². The van der Waals surface area contributed by atoms with Gasteiger partial charge in [-0.1, -0.05) is 6.92 Å². The Bertz CT molecular complexity index is 478. The molecule has 0 saturated carbocycles. The number of benzene rings is 1. The highest BCUT2D eigenvalue weighted by atomic mass is 32.2. The summed E-state index contributed by atoms with van der Waals surface area (Å²) < 4.78 is 39.3. The topological polar surface area (TPSA) is 29.1 Å². The molecule has 0 bridgehead atoms. The second-order valence-corrected chi connectivity index (χ2v) is 6.68. The van der Waals surface area contributed by atoms with Gasteiger partial charge in [0.2, 0.25) is 0 Å². The lowest BCUT2D eigenvalue weighted by Gasteiger charge is -2.17. The van der Waals surface area contributed by atoms with E-state index < -0.39 is 22.4 Å². The monoisotopic (exact) mass is 273 g/mol. The van der Waals surface area contributed by atoms with Crippen molar-refractivity contribution in [2.75, 3.05) is 12.3 Å². The molecule has 1 aromatic carbocycles. The van der Waals surface area contributed by atoms with Crippen molar-refractivity contribution in [1.29, 1.82) is 0 Å². The fraction of sp³-hybridized carbons (Fsp3) is 0.538. The van der Waals surface area contributed by atoms with E-state index in [4.69, 9.17) is 0 Å². The molecule has 1 fully saturated rings. The second kappa shape index (κ2) is 5.45. The van der Waals surface area contributed by atoms with Crippen molar-refractivity contribution in [3.05, 3.63) is 34.9 Å². The molecule has 100 valence electrons. The second-order valence-electron chi connectivity index (χ2n) is 4.78. The first-order chi connectivity index (χ1) is 8.49. The van der Waals surface area contributed by atoms with Crippen molar-refractivity contribution < 1.29 is 13.0 Å². The lowest BCUT2D eigenvalue weighted by molar-refractivity contribution is 0.522. The molecule has 0 radical (unpaired) electrons. The Morgan fingerprint density at radius 3 is 2.78 bits per heavy atom. The van der Waals surface area contributed by atoms with E-state index in [0.29, 0.717) is 17.9 Å². The van der Waals surface area contributed by atoms with Crippen LogP contribution in [0.2, 0.25) is 0 Å². The minimum atomic E-state index is -1.00. The van der Waals surface area contributed by atoms with Gasteiger partial charge >= 0.3 is 0 Å². The number of hydrogen-bond donors (Lipinski definition) is 1. The highest BCUT2D eigenvalue weighted by Crippen LogP contribution is 2.24. The molecule has 1 aliphatic rings. The highest BCUT2D eigenvalue weighted by molar-refractivity contribution is 7.85. The van der Waals surface area contributed by atoms with E-state index in [1.54, 1.807) is 0 Å². The molecule has 0 aromatic heterocycles. The van der Waals surface area contributed by atoms with E-state index in [1.165, 1.54) is 19.1 Å². The summed E-state index contributed by atoms with van der Waals surface area (Å²) in [5, 5.41) is 3.24. The molecule has 1 aliphatic heterocycles. The Kier molecular flexibility index (Phi) is 4.12. The van der Waals surface area contributed by atoms with Crippen LogP contribution >= 0.6 is 0 Å². The molecule has 5 heteroatoms. The van der Waals surface area contributed by atoms with Crippen LogP contribution in [0.3, 0.4) is 0 Å². The number of hydrogen-bond acceptors (Lipinski definition) is 2. The smallest absolute Gasteiger partial charge is 0.128 e. The summed E-state index contributed by atoms with van der Waals surface area (Å²) in [4.78, 5) is 0. The van der Waals surface area contributed by atoms with Crippen LogP contribution in [0, 0.1) is 18.6 Å². The maximum Gasteiger partial charge on any atom is 0.128 e. The van der Waals surface area contributed by atoms with Gasteiger partial charge in [0.15, 0.2) is 0 Å². The molecule has 2 nitrogen and oxygen atoms in total. The first-order valence-electron chi connectivity index (χ1n) is 6.05. The summed E-state index contributed by atoms with van der Waals surface area (Å²) >= 11 is 0. The molecular formula is C13H17F2NOS. The fourth-order valence-corrected chi connectivity index (χ4v) is 3.44. The van der Waals surface area contributed by atoms with E-state index >= 15 is 0 Å². The summed E-state index contributed by atoms with van der Waals surface area (Å²) in [5.74, 6) is -0.519. The van der Waals surface area contributed by atoms with Gasteiger partial charge < -0.3 is 5.32 Å². The van der Waals surface area contributed by atoms with E-state index in [0.717, 1.165) is 6.42 Å². The minimum absolute atomic E-state index is 0.0980. The zero-order chi connectivity index (χ0) is 13.3. The van der Waals surface area contributed by atoms with Crippen molar-refractivity contribution in [3.8, 4) is 0 Å². The number of rotatable bonds is 1. The molecule has 0 spiro atoms. The standard InChI is InChI=1S/C13H17F2NOS/c1-8-5-12(15)10(6-11(8)14)13-7-18(17)9(2)3-4-16-13/h5-6,9,13,16H,3-4,7H2,1-2H3. The summed E-state index contributed by atoms with van der Waals surface area (Å²) in [6.07, 6.45) is 0.791. The van der Waals surface area contributed by atoms with Crippen LogP contribution in [0.4, 0.5) is 8.78 Å². The molecule has 1 saturated heterocycles. The Labute approximate surface area is 108 Å². The van der Waals surface area contributed by atoms with Crippen LogP contribution in [-0.4, -0.2) is 21.8 Å². The third kappa shape index (κ3) is 2.78. The molecule has 2 rings (SSSR count). The van der Waals surface area contributed by atoms with Crippen LogP contribution in [0.15, 0.2) is 12.1 Å². The Morgan fingerprint density at radius 2 is 2.06 bits per heavy atom. The molecule has 1 heterocycles. The largest absolute Gasteiger partial charge is 0.309 e. The third-order valence-electron chi connectivity index (χ3n) is 3.37. The zero-order valence-electron chi connectivity index (χ0n) is 10.5. The lowest BCUT2D eigenvalue weighted by atomic mass is 10.0. The van der Waals surface area contributed by atoms with E-state index in [2.05, 4.69) is 5.32 Å². The zero-order valence-corrected chi connectivity index (χ0v) is 11.3. The van der Waals surface area contributed by atoms with Gasteiger partial charge in [-0.2, -0.15) is 0 Å². The van der Waals surface area contributed by atoms with E-state index in [1.807, 2.05) is 6.92 Å². The van der Waals surface area contributed by atoms with Crippen molar-refractivity contribution >= 4 is 10.8 Å². The van der Waals surface area contributed by atoms with Gasteiger partial charge in [-0.15, -0.1) is 0 Å². The molecule has 1 aromatic rings. The van der Waals surface area contributed by atoms with Gasteiger partial charge in [-0.25, -0.2) is 8.78 Å². The van der Waals surface area contributed by atoms with Crippen molar-refractivity contribution in [2.24, 2.45) is 0 Å². The predicted octanol–water partition coefficient (Wildman–Crippen LogP) is 2.44. The number of nitrogens with one attached hydrogen (secondary N) is 1. The first kappa shape index (κ1) is 13.6. The average Bonchev–Trinajstić information content (AvgIpc) is 2.47. The van der Waals surface area contributed by atoms with Crippen LogP contribution < -0.4 is 5.32 Å². The van der Waals surface area contributed by atoms with Gasteiger partial charge in [-0.3, -0.25) is 4.21 Å². The number of aryl methyl sites for hydroxylation is 1. The van der Waals surface area contributed by atoms with Crippen molar-refractivity contribution in [1.82, 2.24) is 5.32 Å². The van der Waals surface area contributed by atoms with Crippen molar-refractivity contribution in [2.45, 2.75) is 31.6 Å². The van der Waals surface area contributed by atoms with Crippen LogP contribution in [0.25, 0.3) is 0 Å². The molecular weight excluding hydrogens is 256 g/mol. The summed E-state index contributed by atoms with van der Waals surface area (Å²) in [6, 6.07) is 2.05. The summed E-state index contributed by atoms with van der Waals surface area (Å²) in [7, 11) is -1.00. The highest BCUT2D eigenvalue weighted by Gasteiger charge is 2.25. The summed E-state index contributed by atoms with van der Waals surface area (Å²) in [5.41, 5.74) is 0.569. The predicted molar refractivity (Wildman–Crippen MR) is 68.9 cm³/mol. The molecule has 18 heavy (non-hydrogen) atoms. The molecule has 0 aliphatic carbocycles. The molecule has 1 N–H and O–H groups in total. The lowest BCUT2D eigenvalue weighted by Crippen LogP contribution is -2.25.